The smallest absolute Gasteiger partial charge is 0.178 e. The predicted molar refractivity (Wildman–Crippen MR) is 85.8 cm³/mol. The van der Waals surface area contributed by atoms with Crippen molar-refractivity contribution in [3.63, 3.8) is 0 Å². The highest BCUT2D eigenvalue weighted by Gasteiger charge is 2.62. The van der Waals surface area contributed by atoms with E-state index in [-0.39, 0.29) is 16.9 Å². The van der Waals surface area contributed by atoms with E-state index in [4.69, 9.17) is 4.74 Å². The van der Waals surface area contributed by atoms with Crippen molar-refractivity contribution in [2.75, 3.05) is 13.1 Å². The van der Waals surface area contributed by atoms with E-state index < -0.39 is 6.10 Å². The molecule has 118 valence electrons. The molecule has 23 heavy (non-hydrogen) atoms. The van der Waals surface area contributed by atoms with Crippen LogP contribution in [0.1, 0.15) is 24.0 Å². The van der Waals surface area contributed by atoms with Gasteiger partial charge in [-0.2, -0.15) is 0 Å². The first-order valence-corrected chi connectivity index (χ1v) is 8.27. The molecule has 3 atom stereocenters. The number of Topliss-reactive ketones (excluding diaryl/α,β-unsaturated/α-hetero) is 1. The van der Waals surface area contributed by atoms with Crippen LogP contribution in [0.25, 0.3) is 0 Å². The second kappa shape index (κ2) is 4.26. The van der Waals surface area contributed by atoms with Crippen molar-refractivity contribution in [2.24, 2.45) is 0 Å². The minimum absolute atomic E-state index is 0.133. The van der Waals surface area contributed by atoms with Gasteiger partial charge < -0.3 is 9.84 Å². The summed E-state index contributed by atoms with van der Waals surface area (Å²) < 4.78 is 6.04. The molecule has 5 rings (SSSR count). The molecule has 0 amide bonds. The van der Waals surface area contributed by atoms with Crippen LogP contribution in [0.4, 0.5) is 0 Å². The first-order valence-electron chi connectivity index (χ1n) is 8.27. The lowest BCUT2D eigenvalue weighted by Gasteiger charge is -2.53. The van der Waals surface area contributed by atoms with Gasteiger partial charge in [0.25, 0.3) is 0 Å². The monoisotopic (exact) mass is 309 g/mol. The number of rotatable bonds is 2. The van der Waals surface area contributed by atoms with Crippen LogP contribution < -0.4 is 4.74 Å². The predicted octanol–water partition coefficient (Wildman–Crippen LogP) is 2.11. The van der Waals surface area contributed by atoms with Crippen molar-refractivity contribution in [1.29, 1.82) is 0 Å². The van der Waals surface area contributed by atoms with E-state index in [1.165, 1.54) is 11.1 Å². The van der Waals surface area contributed by atoms with Crippen LogP contribution in [0.2, 0.25) is 0 Å². The molecule has 0 aromatic heterocycles. The fourth-order valence-electron chi connectivity index (χ4n) is 5.21. The quantitative estimate of drug-likeness (QED) is 0.850. The molecule has 4 heteroatoms. The average Bonchev–Trinajstić information content (AvgIpc) is 2.89. The highest BCUT2D eigenvalue weighted by atomic mass is 16.5. The second-order valence-electron chi connectivity index (χ2n) is 7.00. The number of ether oxygens (including phenoxy) is 1. The van der Waals surface area contributed by atoms with E-state index in [1.807, 2.05) is 12.1 Å². The molecule has 1 aromatic carbocycles. The highest BCUT2D eigenvalue weighted by molar-refractivity contribution is 5.92. The number of piperidine rings is 1. The molecule has 2 heterocycles. The van der Waals surface area contributed by atoms with Crippen LogP contribution >= 0.6 is 0 Å². The Kier molecular flexibility index (Phi) is 2.48. The summed E-state index contributed by atoms with van der Waals surface area (Å²) in [5.74, 6) is 0.837. The van der Waals surface area contributed by atoms with Crippen molar-refractivity contribution in [1.82, 2.24) is 4.90 Å². The maximum Gasteiger partial charge on any atom is 0.178 e. The molecule has 0 radical (unpaired) electrons. The zero-order valence-corrected chi connectivity index (χ0v) is 12.9. The Bertz CT molecular complexity index is 781. The zero-order chi connectivity index (χ0) is 15.8. The molecular formula is C19H19NO3. The lowest BCUT2D eigenvalue weighted by atomic mass is 9.56. The minimum atomic E-state index is -0.460. The molecule has 1 fully saturated rings. The van der Waals surface area contributed by atoms with Crippen LogP contribution in [0.5, 0.6) is 11.5 Å². The fourth-order valence-corrected chi connectivity index (χ4v) is 5.21. The highest BCUT2D eigenvalue weighted by Crippen LogP contribution is 2.61. The summed E-state index contributed by atoms with van der Waals surface area (Å²) in [7, 11) is 0. The molecule has 4 aliphatic rings. The van der Waals surface area contributed by atoms with Gasteiger partial charge in [0.1, 0.15) is 0 Å². The first-order chi connectivity index (χ1) is 11.2. The zero-order valence-electron chi connectivity index (χ0n) is 12.9. The number of carbonyl (C=O) groups is 1. The van der Waals surface area contributed by atoms with Gasteiger partial charge in [-0.3, -0.25) is 9.69 Å². The Morgan fingerprint density at radius 1 is 1.48 bits per heavy atom. The Morgan fingerprint density at radius 2 is 2.35 bits per heavy atom. The van der Waals surface area contributed by atoms with Crippen molar-refractivity contribution < 1.29 is 14.6 Å². The maximum atomic E-state index is 12.6. The van der Waals surface area contributed by atoms with Crippen molar-refractivity contribution in [3.05, 3.63) is 47.6 Å². The van der Waals surface area contributed by atoms with Gasteiger partial charge in [-0.1, -0.05) is 18.2 Å². The minimum Gasteiger partial charge on any atom is -0.504 e. The normalized spacial score (nSPS) is 33.7. The first kappa shape index (κ1) is 13.4. The molecule has 1 spiro atoms. The molecular weight excluding hydrogens is 290 g/mol. The summed E-state index contributed by atoms with van der Waals surface area (Å²) in [4.78, 5) is 15.0. The topological polar surface area (TPSA) is 49.8 Å². The number of hydrogen-bond acceptors (Lipinski definition) is 4. The second-order valence-corrected chi connectivity index (χ2v) is 7.00. The average molecular weight is 309 g/mol. The number of likely N-dealkylation sites (tertiary alicyclic amines) is 1. The van der Waals surface area contributed by atoms with Crippen LogP contribution in [0.15, 0.2) is 36.4 Å². The Balaban J connectivity index is 1.79. The van der Waals surface area contributed by atoms with E-state index in [0.717, 1.165) is 31.5 Å². The Morgan fingerprint density at radius 3 is 3.17 bits per heavy atom. The van der Waals surface area contributed by atoms with Gasteiger partial charge in [0, 0.05) is 31.1 Å². The van der Waals surface area contributed by atoms with Gasteiger partial charge in [0.2, 0.25) is 0 Å². The standard InChI is InChI=1S/C19H19NO3/c1-2-8-20-9-7-19-12-4-6-15(22)18(19)23-17-14(21)5-3-11(16(17)19)10-13(12)20/h2-5,13,18,21H,1,6-10H2. The summed E-state index contributed by atoms with van der Waals surface area (Å²) >= 11 is 0. The molecule has 2 aliphatic carbocycles. The molecule has 4 nitrogen and oxygen atoms in total. The summed E-state index contributed by atoms with van der Waals surface area (Å²) in [5, 5.41) is 10.3. The molecule has 1 aromatic rings. The number of phenols is 1. The van der Waals surface area contributed by atoms with Gasteiger partial charge in [-0.05, 0) is 30.0 Å². The lowest BCUT2D eigenvalue weighted by Crippen LogP contribution is -2.61. The third-order valence-corrected chi connectivity index (χ3v) is 6.05. The Hall–Kier alpha value is -2.07. The van der Waals surface area contributed by atoms with E-state index in [2.05, 4.69) is 17.6 Å². The number of aromatic hydroxyl groups is 1. The number of carbonyl (C=O) groups excluding carboxylic acids is 1. The SMILES string of the molecule is C=CCN1CCC23C4=CCC(=O)C2Oc2c(O)ccc(c23)CC41. The Labute approximate surface area is 135 Å². The molecule has 1 N–H and O–H groups in total. The van der Waals surface area contributed by atoms with Crippen LogP contribution in [-0.4, -0.2) is 41.0 Å². The van der Waals surface area contributed by atoms with E-state index >= 15 is 0 Å². The number of phenolic OH excluding ortho intramolecular Hbond substituents is 1. The van der Waals surface area contributed by atoms with Crippen LogP contribution in [0, 0.1) is 0 Å². The van der Waals surface area contributed by atoms with Crippen molar-refractivity contribution in [2.45, 2.75) is 36.8 Å². The number of ketones is 1. The van der Waals surface area contributed by atoms with E-state index in [9.17, 15) is 9.90 Å². The van der Waals surface area contributed by atoms with Gasteiger partial charge in [0.15, 0.2) is 23.4 Å². The largest absolute Gasteiger partial charge is 0.504 e. The van der Waals surface area contributed by atoms with Gasteiger partial charge in [0.05, 0.1) is 5.41 Å². The fraction of sp³-hybridized carbons (Fsp3) is 0.421. The van der Waals surface area contributed by atoms with Gasteiger partial charge in [-0.15, -0.1) is 6.58 Å². The molecule has 2 aliphatic heterocycles. The number of nitrogens with zero attached hydrogens (tertiary/aromatic N) is 1. The van der Waals surface area contributed by atoms with Crippen LogP contribution in [-0.2, 0) is 16.6 Å². The molecule has 1 saturated heterocycles. The summed E-state index contributed by atoms with van der Waals surface area (Å²) in [6, 6.07) is 4.01. The molecule has 0 saturated carbocycles. The van der Waals surface area contributed by atoms with Crippen molar-refractivity contribution in [3.8, 4) is 11.5 Å². The number of allylic oxidation sites excluding steroid dienone is 1. The van der Waals surface area contributed by atoms with Gasteiger partial charge >= 0.3 is 0 Å². The summed E-state index contributed by atoms with van der Waals surface area (Å²) in [6.45, 7) is 5.67. The third-order valence-electron chi connectivity index (χ3n) is 6.05. The number of benzene rings is 1. The summed E-state index contributed by atoms with van der Waals surface area (Å²) in [5.41, 5.74) is 3.27. The molecule has 3 unspecified atom stereocenters. The lowest BCUT2D eigenvalue weighted by molar-refractivity contribution is -0.128. The maximum absolute atomic E-state index is 12.6. The van der Waals surface area contributed by atoms with Crippen molar-refractivity contribution >= 4 is 5.78 Å². The number of hydrogen-bond donors (Lipinski definition) is 1. The summed E-state index contributed by atoms with van der Waals surface area (Å²) in [6.07, 6.45) is 5.83. The van der Waals surface area contributed by atoms with E-state index in [0.29, 0.717) is 18.2 Å². The third kappa shape index (κ3) is 1.43. The van der Waals surface area contributed by atoms with Crippen LogP contribution in [0.3, 0.4) is 0 Å². The van der Waals surface area contributed by atoms with E-state index in [1.54, 1.807) is 6.07 Å². The molecule has 2 bridgehead atoms. The van der Waals surface area contributed by atoms with Gasteiger partial charge in [-0.25, -0.2) is 0 Å².